The Morgan fingerprint density at radius 3 is 2.31 bits per heavy atom. The van der Waals surface area contributed by atoms with Gasteiger partial charge < -0.3 is 11.1 Å². The van der Waals surface area contributed by atoms with E-state index in [1.807, 2.05) is 0 Å². The Morgan fingerprint density at radius 2 is 1.88 bits per heavy atom. The third-order valence-electron chi connectivity index (χ3n) is 4.12. The van der Waals surface area contributed by atoms with Crippen molar-refractivity contribution in [3.63, 3.8) is 0 Å². The highest BCUT2D eigenvalue weighted by molar-refractivity contribution is 5.85. The molecule has 2 rings (SSSR count). The molecule has 0 heterocycles. The molecule has 0 saturated heterocycles. The summed E-state index contributed by atoms with van der Waals surface area (Å²) in [6.45, 7) is 2.11. The van der Waals surface area contributed by atoms with Crippen LogP contribution in [0.5, 0.6) is 0 Å². The van der Waals surface area contributed by atoms with Crippen LogP contribution in [0.4, 0.5) is 0 Å². The van der Waals surface area contributed by atoms with E-state index in [0.717, 1.165) is 44.9 Å². The summed E-state index contributed by atoms with van der Waals surface area (Å²) in [5.41, 5.74) is 5.85. The highest BCUT2D eigenvalue weighted by atomic mass is 35.5. The van der Waals surface area contributed by atoms with Crippen molar-refractivity contribution in [1.29, 1.82) is 0 Å². The number of halogens is 1. The van der Waals surface area contributed by atoms with Crippen LogP contribution in [0.1, 0.15) is 51.9 Å². The van der Waals surface area contributed by atoms with E-state index >= 15 is 0 Å². The van der Waals surface area contributed by atoms with E-state index in [1.165, 1.54) is 0 Å². The van der Waals surface area contributed by atoms with Crippen LogP contribution in [0.2, 0.25) is 0 Å². The molecule has 0 radical (unpaired) electrons. The van der Waals surface area contributed by atoms with Crippen LogP contribution >= 0.6 is 12.4 Å². The van der Waals surface area contributed by atoms with Crippen LogP contribution in [0, 0.1) is 5.41 Å². The second-order valence-corrected chi connectivity index (χ2v) is 5.22. The fraction of sp³-hybridized carbons (Fsp3) is 0.917. The van der Waals surface area contributed by atoms with Crippen molar-refractivity contribution in [3.05, 3.63) is 0 Å². The zero-order valence-corrected chi connectivity index (χ0v) is 10.8. The van der Waals surface area contributed by atoms with Gasteiger partial charge in [-0.25, -0.2) is 0 Å². The SMILES string of the molecule is CCC1(C(=O)NC2CCC(N)CC2)CC1.Cl. The topological polar surface area (TPSA) is 55.1 Å². The van der Waals surface area contributed by atoms with E-state index in [2.05, 4.69) is 12.2 Å². The molecule has 2 aliphatic carbocycles. The number of carbonyl (C=O) groups is 1. The van der Waals surface area contributed by atoms with Crippen molar-refractivity contribution in [3.8, 4) is 0 Å². The van der Waals surface area contributed by atoms with Crippen LogP contribution < -0.4 is 11.1 Å². The van der Waals surface area contributed by atoms with E-state index in [9.17, 15) is 4.79 Å². The molecule has 0 unspecified atom stereocenters. The molecule has 0 aliphatic heterocycles. The van der Waals surface area contributed by atoms with Gasteiger partial charge in [0.15, 0.2) is 0 Å². The Hall–Kier alpha value is -0.280. The van der Waals surface area contributed by atoms with Crippen molar-refractivity contribution >= 4 is 18.3 Å². The summed E-state index contributed by atoms with van der Waals surface area (Å²) in [4.78, 5) is 12.0. The second kappa shape index (κ2) is 5.37. The van der Waals surface area contributed by atoms with Crippen molar-refractivity contribution in [2.75, 3.05) is 0 Å². The van der Waals surface area contributed by atoms with Gasteiger partial charge in [-0.15, -0.1) is 12.4 Å². The Balaban J connectivity index is 0.00000128. The Bertz CT molecular complexity index is 245. The largest absolute Gasteiger partial charge is 0.353 e. The molecule has 94 valence electrons. The maximum Gasteiger partial charge on any atom is 0.226 e. The first-order chi connectivity index (χ1) is 7.16. The van der Waals surface area contributed by atoms with Gasteiger partial charge in [0.1, 0.15) is 0 Å². The van der Waals surface area contributed by atoms with E-state index in [4.69, 9.17) is 5.73 Å². The molecule has 0 aromatic rings. The van der Waals surface area contributed by atoms with Gasteiger partial charge in [-0.3, -0.25) is 4.79 Å². The van der Waals surface area contributed by atoms with Gasteiger partial charge in [0.2, 0.25) is 5.91 Å². The van der Waals surface area contributed by atoms with Gasteiger partial charge in [0.25, 0.3) is 0 Å². The lowest BCUT2D eigenvalue weighted by Gasteiger charge is -2.28. The van der Waals surface area contributed by atoms with Crippen molar-refractivity contribution in [1.82, 2.24) is 5.32 Å². The quantitative estimate of drug-likeness (QED) is 0.800. The third kappa shape index (κ3) is 2.89. The molecule has 4 heteroatoms. The Labute approximate surface area is 104 Å². The molecule has 0 bridgehead atoms. The molecule has 2 saturated carbocycles. The molecule has 1 amide bonds. The standard InChI is InChI=1S/C12H22N2O.ClH/c1-2-12(7-8-12)11(15)14-10-5-3-9(13)4-6-10;/h9-10H,2-8,13H2,1H3,(H,14,15);1H. The van der Waals surface area contributed by atoms with E-state index in [1.54, 1.807) is 0 Å². The van der Waals surface area contributed by atoms with Gasteiger partial charge >= 0.3 is 0 Å². The molecule has 2 fully saturated rings. The smallest absolute Gasteiger partial charge is 0.226 e. The summed E-state index contributed by atoms with van der Waals surface area (Å²) in [6.07, 6.45) is 7.40. The summed E-state index contributed by atoms with van der Waals surface area (Å²) in [6, 6.07) is 0.750. The maximum absolute atomic E-state index is 12.0. The van der Waals surface area contributed by atoms with Crippen molar-refractivity contribution in [2.45, 2.75) is 64.0 Å². The van der Waals surface area contributed by atoms with Crippen LogP contribution in [0.15, 0.2) is 0 Å². The normalized spacial score (nSPS) is 31.4. The van der Waals surface area contributed by atoms with Gasteiger partial charge in [-0.05, 0) is 44.9 Å². The highest BCUT2D eigenvalue weighted by Gasteiger charge is 2.48. The summed E-state index contributed by atoms with van der Waals surface area (Å²) >= 11 is 0. The summed E-state index contributed by atoms with van der Waals surface area (Å²) in [5, 5.41) is 3.20. The predicted octanol–water partition coefficient (Wildman–Crippen LogP) is 1.98. The minimum Gasteiger partial charge on any atom is -0.353 e. The number of nitrogens with two attached hydrogens (primary N) is 1. The molecule has 0 aromatic carbocycles. The number of hydrogen-bond acceptors (Lipinski definition) is 2. The zero-order chi connectivity index (χ0) is 10.9. The van der Waals surface area contributed by atoms with Gasteiger partial charge in [-0.1, -0.05) is 6.92 Å². The van der Waals surface area contributed by atoms with E-state index < -0.39 is 0 Å². The molecule has 0 atom stereocenters. The molecule has 0 aromatic heterocycles. The molecule has 16 heavy (non-hydrogen) atoms. The first-order valence-electron chi connectivity index (χ1n) is 6.23. The number of amides is 1. The molecular weight excluding hydrogens is 224 g/mol. The third-order valence-corrected chi connectivity index (χ3v) is 4.12. The van der Waals surface area contributed by atoms with Gasteiger partial charge in [-0.2, -0.15) is 0 Å². The molecular formula is C12H23ClN2O. The Kier molecular flexibility index (Phi) is 4.62. The molecule has 2 aliphatic rings. The van der Waals surface area contributed by atoms with Crippen LogP contribution in [0.3, 0.4) is 0 Å². The van der Waals surface area contributed by atoms with Crippen LogP contribution in [-0.2, 0) is 4.79 Å². The van der Waals surface area contributed by atoms with Gasteiger partial charge in [0.05, 0.1) is 0 Å². The lowest BCUT2D eigenvalue weighted by Crippen LogP contribution is -2.43. The van der Waals surface area contributed by atoms with Crippen molar-refractivity contribution < 1.29 is 4.79 Å². The highest BCUT2D eigenvalue weighted by Crippen LogP contribution is 2.48. The van der Waals surface area contributed by atoms with E-state index in [-0.39, 0.29) is 17.8 Å². The van der Waals surface area contributed by atoms with Crippen molar-refractivity contribution in [2.24, 2.45) is 11.1 Å². The number of rotatable bonds is 3. The minimum atomic E-state index is 0. The molecule has 0 spiro atoms. The van der Waals surface area contributed by atoms with Gasteiger partial charge in [0, 0.05) is 17.5 Å². The summed E-state index contributed by atoms with van der Waals surface area (Å²) < 4.78 is 0. The minimum absolute atomic E-state index is 0. The summed E-state index contributed by atoms with van der Waals surface area (Å²) in [7, 11) is 0. The monoisotopic (exact) mass is 246 g/mol. The Morgan fingerprint density at radius 1 is 1.31 bits per heavy atom. The summed E-state index contributed by atoms with van der Waals surface area (Å²) in [5.74, 6) is 0.297. The average Bonchev–Trinajstić information content (AvgIpc) is 3.02. The van der Waals surface area contributed by atoms with Crippen LogP contribution in [0.25, 0.3) is 0 Å². The fourth-order valence-electron chi connectivity index (χ4n) is 2.49. The van der Waals surface area contributed by atoms with E-state index in [0.29, 0.717) is 18.0 Å². The molecule has 3 nitrogen and oxygen atoms in total. The number of hydrogen-bond donors (Lipinski definition) is 2. The first-order valence-corrected chi connectivity index (χ1v) is 6.23. The first kappa shape index (κ1) is 13.8. The molecule has 3 N–H and O–H groups in total. The fourth-order valence-corrected chi connectivity index (χ4v) is 2.49. The predicted molar refractivity (Wildman–Crippen MR) is 67.6 cm³/mol. The maximum atomic E-state index is 12.0. The lowest BCUT2D eigenvalue weighted by atomic mass is 9.91. The average molecular weight is 247 g/mol. The number of nitrogens with one attached hydrogen (secondary N) is 1. The van der Waals surface area contributed by atoms with Crippen LogP contribution in [-0.4, -0.2) is 18.0 Å². The second-order valence-electron chi connectivity index (χ2n) is 5.22. The lowest BCUT2D eigenvalue weighted by molar-refractivity contribution is -0.127. The number of carbonyl (C=O) groups excluding carboxylic acids is 1. The zero-order valence-electron chi connectivity index (χ0n) is 10.00.